The van der Waals surface area contributed by atoms with Crippen molar-refractivity contribution in [2.45, 2.75) is 26.8 Å². The number of carbonyl (C=O) groups excluding carboxylic acids is 2. The summed E-state index contributed by atoms with van der Waals surface area (Å²) < 4.78 is 11.4. The highest BCUT2D eigenvalue weighted by molar-refractivity contribution is 6.46. The van der Waals surface area contributed by atoms with Crippen LogP contribution in [0.4, 0.5) is 0 Å². The molecule has 1 aliphatic rings. The molecule has 0 radical (unpaired) electrons. The van der Waals surface area contributed by atoms with Crippen LogP contribution < -0.4 is 9.47 Å². The van der Waals surface area contributed by atoms with E-state index in [-0.39, 0.29) is 11.3 Å². The molecule has 0 aromatic heterocycles. The van der Waals surface area contributed by atoms with E-state index in [1.54, 1.807) is 30.3 Å². The van der Waals surface area contributed by atoms with Crippen molar-refractivity contribution in [2.24, 2.45) is 5.92 Å². The highest BCUT2D eigenvalue weighted by Crippen LogP contribution is 2.40. The van der Waals surface area contributed by atoms with Crippen LogP contribution in [0.2, 0.25) is 0 Å². The first-order valence-electron chi connectivity index (χ1n) is 12.1. The fourth-order valence-electron chi connectivity index (χ4n) is 4.07. The first kappa shape index (κ1) is 27.0. The number of Topliss-reactive ketones (excluding diaryl/α,β-unsaturated/α-hetero) is 1. The average Bonchev–Trinajstić information content (AvgIpc) is 3.09. The molecule has 1 heterocycles. The Labute approximate surface area is 213 Å². The maximum Gasteiger partial charge on any atom is 0.295 e. The number of benzene rings is 2. The summed E-state index contributed by atoms with van der Waals surface area (Å²) in [5.41, 5.74) is 2.04. The molecule has 7 nitrogen and oxygen atoms in total. The molecule has 0 spiro atoms. The summed E-state index contributed by atoms with van der Waals surface area (Å²) in [5.74, 6) is 0.218. The van der Waals surface area contributed by atoms with Crippen molar-refractivity contribution in [3.05, 3.63) is 77.4 Å². The molecule has 1 aliphatic heterocycles. The van der Waals surface area contributed by atoms with Crippen LogP contribution in [0.1, 0.15) is 36.6 Å². The molecule has 1 N–H and O–H groups in total. The molecule has 3 rings (SSSR count). The monoisotopic (exact) mass is 492 g/mol. The molecular weight excluding hydrogens is 456 g/mol. The molecule has 1 fully saturated rings. The lowest BCUT2D eigenvalue weighted by atomic mass is 9.94. The number of aryl methyl sites for hydroxylation is 1. The fraction of sp³-hybridized carbons (Fsp3) is 0.379. The van der Waals surface area contributed by atoms with Gasteiger partial charge in [0.15, 0.2) is 0 Å². The van der Waals surface area contributed by atoms with Crippen molar-refractivity contribution >= 4 is 17.4 Å². The Bertz CT molecular complexity index is 1130. The van der Waals surface area contributed by atoms with E-state index in [4.69, 9.17) is 9.47 Å². The molecule has 1 atom stereocenters. The van der Waals surface area contributed by atoms with E-state index < -0.39 is 17.7 Å². The third-order valence-corrected chi connectivity index (χ3v) is 5.93. The number of hydrogen-bond donors (Lipinski definition) is 1. The predicted molar refractivity (Wildman–Crippen MR) is 141 cm³/mol. The summed E-state index contributed by atoms with van der Waals surface area (Å²) in [6, 6.07) is 11.8. The van der Waals surface area contributed by atoms with Gasteiger partial charge in [0.25, 0.3) is 11.7 Å². The van der Waals surface area contributed by atoms with E-state index in [0.29, 0.717) is 49.3 Å². The van der Waals surface area contributed by atoms with Gasteiger partial charge in [0.05, 0.1) is 18.2 Å². The summed E-state index contributed by atoms with van der Waals surface area (Å²) in [5, 5.41) is 11.4. The number of ether oxygens (including phenoxy) is 2. The zero-order valence-electron chi connectivity index (χ0n) is 21.8. The van der Waals surface area contributed by atoms with Crippen molar-refractivity contribution in [3.63, 3.8) is 0 Å². The lowest BCUT2D eigenvalue weighted by Gasteiger charge is -2.26. The molecule has 1 amide bonds. The molecule has 2 aromatic rings. The number of likely N-dealkylation sites (N-methyl/N-ethyl adjacent to an activating group) is 1. The zero-order chi connectivity index (χ0) is 26.4. The Hall–Kier alpha value is -3.58. The summed E-state index contributed by atoms with van der Waals surface area (Å²) >= 11 is 0. The average molecular weight is 493 g/mol. The Morgan fingerprint density at radius 1 is 1.11 bits per heavy atom. The number of carbonyl (C=O) groups is 2. The maximum atomic E-state index is 13.2. The highest BCUT2D eigenvalue weighted by atomic mass is 16.5. The van der Waals surface area contributed by atoms with Gasteiger partial charge in [0.2, 0.25) is 0 Å². The van der Waals surface area contributed by atoms with Crippen molar-refractivity contribution in [3.8, 4) is 11.5 Å². The van der Waals surface area contributed by atoms with Gasteiger partial charge in [0.1, 0.15) is 23.9 Å². The Kier molecular flexibility index (Phi) is 8.93. The van der Waals surface area contributed by atoms with Crippen LogP contribution in [0.15, 0.2) is 60.7 Å². The van der Waals surface area contributed by atoms with Gasteiger partial charge in [0, 0.05) is 18.7 Å². The third-order valence-electron chi connectivity index (χ3n) is 5.93. The zero-order valence-corrected chi connectivity index (χ0v) is 21.8. The van der Waals surface area contributed by atoms with E-state index in [0.717, 1.165) is 11.1 Å². The molecule has 0 saturated carbocycles. The van der Waals surface area contributed by atoms with Gasteiger partial charge in [-0.3, -0.25) is 9.59 Å². The predicted octanol–water partition coefficient (Wildman–Crippen LogP) is 4.58. The van der Waals surface area contributed by atoms with Crippen LogP contribution in [0.25, 0.3) is 5.76 Å². The molecule has 1 saturated heterocycles. The van der Waals surface area contributed by atoms with Crippen molar-refractivity contribution in [1.82, 2.24) is 9.80 Å². The van der Waals surface area contributed by atoms with Crippen LogP contribution in [0, 0.1) is 12.8 Å². The van der Waals surface area contributed by atoms with E-state index in [9.17, 15) is 14.7 Å². The van der Waals surface area contributed by atoms with Crippen LogP contribution in [0.5, 0.6) is 11.5 Å². The summed E-state index contributed by atoms with van der Waals surface area (Å²) in [6.07, 6.45) is 1.66. The maximum absolute atomic E-state index is 13.2. The second kappa shape index (κ2) is 11.9. The van der Waals surface area contributed by atoms with Crippen molar-refractivity contribution < 1.29 is 24.2 Å². The Morgan fingerprint density at radius 2 is 1.78 bits per heavy atom. The minimum Gasteiger partial charge on any atom is -0.507 e. The van der Waals surface area contributed by atoms with E-state index in [1.807, 2.05) is 44.1 Å². The van der Waals surface area contributed by atoms with Crippen molar-refractivity contribution in [1.29, 1.82) is 0 Å². The lowest BCUT2D eigenvalue weighted by molar-refractivity contribution is -0.140. The summed E-state index contributed by atoms with van der Waals surface area (Å²) in [6.45, 7) is 11.5. The molecular formula is C29H36N2O5. The number of aliphatic hydroxyl groups excluding tert-OH is 1. The van der Waals surface area contributed by atoms with Crippen LogP contribution >= 0.6 is 0 Å². The molecule has 7 heteroatoms. The molecule has 0 aliphatic carbocycles. The van der Waals surface area contributed by atoms with Gasteiger partial charge < -0.3 is 24.4 Å². The third kappa shape index (κ3) is 6.15. The second-order valence-electron chi connectivity index (χ2n) is 9.65. The molecule has 192 valence electrons. The molecule has 36 heavy (non-hydrogen) atoms. The van der Waals surface area contributed by atoms with Gasteiger partial charge in [-0.15, -0.1) is 0 Å². The topological polar surface area (TPSA) is 79.3 Å². The van der Waals surface area contributed by atoms with Gasteiger partial charge in [-0.25, -0.2) is 0 Å². The smallest absolute Gasteiger partial charge is 0.295 e. The Morgan fingerprint density at radius 3 is 2.36 bits per heavy atom. The summed E-state index contributed by atoms with van der Waals surface area (Å²) in [4.78, 5) is 29.8. The SMILES string of the molecule is C=CCOc1ccc(C2C(=C(O)c3ccc(OCC(C)C)cc3C)C(=O)C(=O)N2CCN(C)C)cc1. The van der Waals surface area contributed by atoms with Crippen LogP contribution in [-0.4, -0.2) is 67.0 Å². The van der Waals surface area contributed by atoms with Gasteiger partial charge in [-0.05, 0) is 68.4 Å². The minimum absolute atomic E-state index is 0.0810. The number of rotatable bonds is 11. The van der Waals surface area contributed by atoms with E-state index in [2.05, 4.69) is 20.4 Å². The first-order chi connectivity index (χ1) is 17.1. The standard InChI is InChI=1S/C29H36N2O5/c1-7-16-35-22-10-8-21(9-11-22)26-25(28(33)29(34)31(26)15-14-30(5)6)27(32)24-13-12-23(17-20(24)4)36-18-19(2)3/h7-13,17,19,26,32H,1,14-16,18H2,2-6H3. The minimum atomic E-state index is -0.713. The normalized spacial score (nSPS) is 17.2. The van der Waals surface area contributed by atoms with E-state index in [1.165, 1.54) is 4.90 Å². The lowest BCUT2D eigenvalue weighted by Crippen LogP contribution is -2.35. The van der Waals surface area contributed by atoms with Crippen LogP contribution in [0.3, 0.4) is 0 Å². The van der Waals surface area contributed by atoms with E-state index >= 15 is 0 Å². The number of aliphatic hydroxyl groups is 1. The Balaban J connectivity index is 2.05. The molecule has 0 bridgehead atoms. The number of likely N-dealkylation sites (tertiary alicyclic amines) is 1. The van der Waals surface area contributed by atoms with Gasteiger partial charge >= 0.3 is 0 Å². The van der Waals surface area contributed by atoms with Crippen LogP contribution in [-0.2, 0) is 9.59 Å². The van der Waals surface area contributed by atoms with Gasteiger partial charge in [-0.2, -0.15) is 0 Å². The molecule has 2 aromatic carbocycles. The number of nitrogens with zero attached hydrogens (tertiary/aromatic N) is 2. The fourth-order valence-corrected chi connectivity index (χ4v) is 4.07. The number of amides is 1. The first-order valence-corrected chi connectivity index (χ1v) is 12.1. The number of ketones is 1. The second-order valence-corrected chi connectivity index (χ2v) is 9.65. The highest BCUT2D eigenvalue weighted by Gasteiger charge is 2.46. The summed E-state index contributed by atoms with van der Waals surface area (Å²) in [7, 11) is 3.81. The number of hydrogen-bond acceptors (Lipinski definition) is 6. The quantitative estimate of drug-likeness (QED) is 0.214. The molecule has 1 unspecified atom stereocenters. The largest absolute Gasteiger partial charge is 0.507 e. The van der Waals surface area contributed by atoms with Gasteiger partial charge in [-0.1, -0.05) is 38.6 Å². The van der Waals surface area contributed by atoms with Crippen molar-refractivity contribution in [2.75, 3.05) is 40.4 Å².